The molecule has 4 aromatic rings. The molecular formula is C17H18Br2N4. The first-order chi connectivity index (χ1) is 10.5. The Labute approximate surface area is 152 Å². The predicted molar refractivity (Wildman–Crippen MR) is 104 cm³/mol. The number of rotatable bonds is 0. The van der Waals surface area contributed by atoms with Gasteiger partial charge in [0.05, 0.1) is 17.2 Å². The largest absolute Gasteiger partial charge is 0.275 e. The number of aryl methyl sites for hydroxylation is 2. The molecule has 0 radical (unpaired) electrons. The van der Waals surface area contributed by atoms with Crippen LogP contribution >= 0.6 is 31.9 Å². The summed E-state index contributed by atoms with van der Waals surface area (Å²) in [6.07, 6.45) is 3.86. The number of hydrogen-bond donors (Lipinski definition) is 0. The Balaban J connectivity index is 0.000000160. The maximum atomic E-state index is 4.25. The van der Waals surface area contributed by atoms with Crippen LogP contribution in [0.25, 0.3) is 21.8 Å². The van der Waals surface area contributed by atoms with Crippen LogP contribution in [0.5, 0.6) is 0 Å². The lowest BCUT2D eigenvalue weighted by Gasteiger charge is -1.92. The summed E-state index contributed by atoms with van der Waals surface area (Å²) in [5.74, 6) is 0. The first-order valence-corrected chi connectivity index (χ1v) is 8.28. The van der Waals surface area contributed by atoms with E-state index in [0.717, 1.165) is 20.0 Å². The molecular weight excluding hydrogens is 420 g/mol. The van der Waals surface area contributed by atoms with E-state index < -0.39 is 0 Å². The Bertz CT molecular complexity index is 931. The standard InChI is InChI=1S/2C8H7BrN2.CH4/c1-11-5-6-4-7(9)2-3-8(6)10-11;1-11-8-3-2-7(9)4-6(8)5-10-11;/h2*2-5H,1H3;1H4. The minimum Gasteiger partial charge on any atom is -0.275 e. The number of nitrogens with zero attached hydrogens (tertiary/aromatic N) is 4. The second-order valence-electron chi connectivity index (χ2n) is 4.98. The van der Waals surface area contributed by atoms with Crippen molar-refractivity contribution in [1.82, 2.24) is 19.6 Å². The zero-order chi connectivity index (χ0) is 15.7. The smallest absolute Gasteiger partial charge is 0.0923 e. The van der Waals surface area contributed by atoms with Gasteiger partial charge in [0.2, 0.25) is 0 Å². The van der Waals surface area contributed by atoms with Gasteiger partial charge < -0.3 is 0 Å². The van der Waals surface area contributed by atoms with Crippen molar-refractivity contribution in [3.8, 4) is 0 Å². The molecule has 0 N–H and O–H groups in total. The van der Waals surface area contributed by atoms with Crippen LogP contribution in [0.1, 0.15) is 7.43 Å². The Kier molecular flexibility index (Phi) is 5.59. The molecule has 2 aromatic heterocycles. The number of benzene rings is 2. The van der Waals surface area contributed by atoms with Crippen LogP contribution in [-0.4, -0.2) is 19.6 Å². The van der Waals surface area contributed by atoms with E-state index in [1.54, 1.807) is 0 Å². The third-order valence-corrected chi connectivity index (χ3v) is 4.28. The van der Waals surface area contributed by atoms with Crippen LogP contribution < -0.4 is 0 Å². The van der Waals surface area contributed by atoms with Crippen molar-refractivity contribution in [2.75, 3.05) is 0 Å². The fraction of sp³-hybridized carbons (Fsp3) is 0.176. The molecule has 0 aliphatic rings. The zero-order valence-corrected chi connectivity index (χ0v) is 15.3. The summed E-state index contributed by atoms with van der Waals surface area (Å²) in [5.41, 5.74) is 2.20. The van der Waals surface area contributed by atoms with E-state index in [1.807, 2.05) is 60.1 Å². The van der Waals surface area contributed by atoms with Gasteiger partial charge in [0.15, 0.2) is 0 Å². The van der Waals surface area contributed by atoms with Crippen molar-refractivity contribution in [3.63, 3.8) is 0 Å². The molecule has 0 amide bonds. The molecule has 6 heteroatoms. The summed E-state index contributed by atoms with van der Waals surface area (Å²) in [7, 11) is 3.87. The highest BCUT2D eigenvalue weighted by atomic mass is 79.9. The monoisotopic (exact) mass is 436 g/mol. The first-order valence-electron chi connectivity index (χ1n) is 6.69. The van der Waals surface area contributed by atoms with Crippen molar-refractivity contribution in [2.45, 2.75) is 7.43 Å². The quantitative estimate of drug-likeness (QED) is 0.373. The van der Waals surface area contributed by atoms with Gasteiger partial charge in [-0.1, -0.05) is 39.3 Å². The third kappa shape index (κ3) is 4.00. The van der Waals surface area contributed by atoms with Gasteiger partial charge >= 0.3 is 0 Å². The molecule has 0 atom stereocenters. The average Bonchev–Trinajstić information content (AvgIpc) is 3.01. The molecule has 0 unspecified atom stereocenters. The summed E-state index contributed by atoms with van der Waals surface area (Å²) in [4.78, 5) is 0. The Morgan fingerprint density at radius 2 is 1.57 bits per heavy atom. The van der Waals surface area contributed by atoms with E-state index in [1.165, 1.54) is 10.8 Å². The van der Waals surface area contributed by atoms with Gasteiger partial charge in [-0.3, -0.25) is 9.36 Å². The van der Waals surface area contributed by atoms with E-state index in [-0.39, 0.29) is 7.43 Å². The van der Waals surface area contributed by atoms with Crippen molar-refractivity contribution in [1.29, 1.82) is 0 Å². The molecule has 2 aromatic carbocycles. The van der Waals surface area contributed by atoms with Gasteiger partial charge in [-0.05, 0) is 36.4 Å². The molecule has 120 valence electrons. The number of hydrogen-bond acceptors (Lipinski definition) is 2. The van der Waals surface area contributed by atoms with Crippen LogP contribution in [0.4, 0.5) is 0 Å². The van der Waals surface area contributed by atoms with Crippen LogP contribution in [0, 0.1) is 0 Å². The van der Waals surface area contributed by atoms with E-state index in [4.69, 9.17) is 0 Å². The van der Waals surface area contributed by atoms with E-state index in [2.05, 4.69) is 54.2 Å². The van der Waals surface area contributed by atoms with Crippen molar-refractivity contribution >= 4 is 53.7 Å². The Morgan fingerprint density at radius 1 is 0.913 bits per heavy atom. The average molecular weight is 438 g/mol. The van der Waals surface area contributed by atoms with Gasteiger partial charge in [-0.25, -0.2) is 0 Å². The molecule has 4 rings (SSSR count). The van der Waals surface area contributed by atoms with E-state index >= 15 is 0 Å². The molecule has 4 nitrogen and oxygen atoms in total. The van der Waals surface area contributed by atoms with Crippen LogP contribution in [0.2, 0.25) is 0 Å². The minimum absolute atomic E-state index is 0. The highest BCUT2D eigenvalue weighted by Crippen LogP contribution is 2.18. The lowest BCUT2D eigenvalue weighted by molar-refractivity contribution is 0.780. The van der Waals surface area contributed by atoms with Crippen LogP contribution in [0.3, 0.4) is 0 Å². The van der Waals surface area contributed by atoms with Crippen LogP contribution in [0.15, 0.2) is 57.7 Å². The van der Waals surface area contributed by atoms with Crippen molar-refractivity contribution < 1.29 is 0 Å². The van der Waals surface area contributed by atoms with E-state index in [0.29, 0.717) is 0 Å². The summed E-state index contributed by atoms with van der Waals surface area (Å²) in [5, 5.41) is 10.7. The SMILES string of the molecule is C.Cn1cc2cc(Br)ccc2n1.Cn1ncc2cc(Br)ccc21. The minimum atomic E-state index is 0. The Hall–Kier alpha value is -1.66. The van der Waals surface area contributed by atoms with Crippen LogP contribution in [-0.2, 0) is 14.1 Å². The fourth-order valence-electron chi connectivity index (χ4n) is 2.25. The van der Waals surface area contributed by atoms with Gasteiger partial charge in [0.1, 0.15) is 0 Å². The highest BCUT2D eigenvalue weighted by Gasteiger charge is 1.98. The van der Waals surface area contributed by atoms with Gasteiger partial charge in [-0.15, -0.1) is 0 Å². The summed E-state index contributed by atoms with van der Waals surface area (Å²) in [6.45, 7) is 0. The molecule has 0 fully saturated rings. The second-order valence-corrected chi connectivity index (χ2v) is 6.81. The summed E-state index contributed by atoms with van der Waals surface area (Å²) in [6, 6.07) is 12.2. The maximum absolute atomic E-state index is 4.25. The van der Waals surface area contributed by atoms with Crippen molar-refractivity contribution in [3.05, 3.63) is 57.7 Å². The highest BCUT2D eigenvalue weighted by molar-refractivity contribution is 9.10. The van der Waals surface area contributed by atoms with Crippen molar-refractivity contribution in [2.24, 2.45) is 14.1 Å². The summed E-state index contributed by atoms with van der Waals surface area (Å²) >= 11 is 6.81. The molecule has 0 saturated carbocycles. The third-order valence-electron chi connectivity index (χ3n) is 3.29. The maximum Gasteiger partial charge on any atom is 0.0923 e. The molecule has 0 bridgehead atoms. The topological polar surface area (TPSA) is 35.6 Å². The predicted octanol–water partition coefficient (Wildman–Crippen LogP) is 5.31. The summed E-state index contributed by atoms with van der Waals surface area (Å²) < 4.78 is 5.87. The van der Waals surface area contributed by atoms with Gasteiger partial charge in [-0.2, -0.15) is 10.2 Å². The lowest BCUT2D eigenvalue weighted by Crippen LogP contribution is -1.87. The number of fused-ring (bicyclic) bond motifs is 2. The zero-order valence-electron chi connectivity index (χ0n) is 12.2. The van der Waals surface area contributed by atoms with Gasteiger partial charge in [0.25, 0.3) is 0 Å². The normalized spacial score (nSPS) is 10.3. The number of aromatic nitrogens is 4. The molecule has 2 heterocycles. The fourth-order valence-corrected chi connectivity index (χ4v) is 3.01. The second kappa shape index (κ2) is 7.27. The number of halogens is 2. The molecule has 0 saturated heterocycles. The molecule has 23 heavy (non-hydrogen) atoms. The lowest BCUT2D eigenvalue weighted by atomic mass is 10.3. The Morgan fingerprint density at radius 3 is 2.30 bits per heavy atom. The molecule has 0 aliphatic carbocycles. The molecule has 0 spiro atoms. The molecule has 0 aliphatic heterocycles. The van der Waals surface area contributed by atoms with E-state index in [9.17, 15) is 0 Å². The first kappa shape index (κ1) is 17.7. The van der Waals surface area contributed by atoms with Gasteiger partial charge in [0, 0.05) is 40.0 Å².